The highest BCUT2D eigenvalue weighted by atomic mass is 16.5. The molecule has 0 spiro atoms. The van der Waals surface area contributed by atoms with E-state index in [0.717, 1.165) is 0 Å². The first kappa shape index (κ1) is 12.3. The van der Waals surface area contributed by atoms with Crippen LogP contribution in [0.1, 0.15) is 13.8 Å². The zero-order valence-corrected chi connectivity index (χ0v) is 8.16. The zero-order chi connectivity index (χ0) is 11.1. The van der Waals surface area contributed by atoms with Gasteiger partial charge in [0.2, 0.25) is 0 Å². The van der Waals surface area contributed by atoms with Gasteiger partial charge in [-0.25, -0.2) is 9.59 Å². The molecule has 0 fully saturated rings. The molecule has 78 valence electrons. The predicted molar refractivity (Wildman–Crippen MR) is 47.4 cm³/mol. The van der Waals surface area contributed by atoms with Gasteiger partial charge in [0.1, 0.15) is 5.57 Å². The second-order valence-corrected chi connectivity index (χ2v) is 2.25. The molecular formula is C9H12O5. The lowest BCUT2D eigenvalue weighted by molar-refractivity contribution is -0.153. The highest BCUT2D eigenvalue weighted by Crippen LogP contribution is 1.98. The molecule has 5 nitrogen and oxygen atoms in total. The fourth-order valence-corrected chi connectivity index (χ4v) is 0.631. The van der Waals surface area contributed by atoms with E-state index in [1.807, 2.05) is 0 Å². The van der Waals surface area contributed by atoms with Gasteiger partial charge in [-0.2, -0.15) is 0 Å². The Morgan fingerprint density at radius 1 is 1.00 bits per heavy atom. The van der Waals surface area contributed by atoms with Crippen LogP contribution in [0.25, 0.3) is 0 Å². The highest BCUT2D eigenvalue weighted by Gasteiger charge is 2.24. The molecule has 0 saturated carbocycles. The topological polar surface area (TPSA) is 69.7 Å². The van der Waals surface area contributed by atoms with Gasteiger partial charge in [-0.3, -0.25) is 4.79 Å². The first-order chi connectivity index (χ1) is 6.54. The largest absolute Gasteiger partial charge is 0.462 e. The maximum Gasteiger partial charge on any atom is 0.379 e. The van der Waals surface area contributed by atoms with E-state index in [0.29, 0.717) is 0 Å². The maximum absolute atomic E-state index is 11.1. The Hall–Kier alpha value is -1.65. The molecule has 0 heterocycles. The van der Waals surface area contributed by atoms with E-state index < -0.39 is 23.3 Å². The standard InChI is InChI=1S/C9H12O5/c1-4-13-8(11)6(3)7(10)9(12)14-5-2/h3-5H2,1-2H3. The van der Waals surface area contributed by atoms with Gasteiger partial charge < -0.3 is 9.47 Å². The summed E-state index contributed by atoms with van der Waals surface area (Å²) in [6.45, 7) is 6.48. The lowest BCUT2D eigenvalue weighted by atomic mass is 10.2. The molecular weight excluding hydrogens is 188 g/mol. The Labute approximate surface area is 81.7 Å². The first-order valence-electron chi connectivity index (χ1n) is 4.12. The molecule has 0 unspecified atom stereocenters. The van der Waals surface area contributed by atoms with Crippen LogP contribution in [-0.2, 0) is 23.9 Å². The van der Waals surface area contributed by atoms with E-state index in [2.05, 4.69) is 16.1 Å². The number of carbonyl (C=O) groups excluding carboxylic acids is 3. The molecule has 0 atom stereocenters. The fourth-order valence-electron chi connectivity index (χ4n) is 0.631. The van der Waals surface area contributed by atoms with Crippen LogP contribution < -0.4 is 0 Å². The van der Waals surface area contributed by atoms with E-state index in [-0.39, 0.29) is 13.2 Å². The van der Waals surface area contributed by atoms with Crippen LogP contribution in [0.3, 0.4) is 0 Å². The number of ketones is 1. The van der Waals surface area contributed by atoms with Gasteiger partial charge in [0.15, 0.2) is 0 Å². The average Bonchev–Trinajstić information content (AvgIpc) is 2.16. The molecule has 0 aliphatic heterocycles. The lowest BCUT2D eigenvalue weighted by Gasteiger charge is -2.03. The van der Waals surface area contributed by atoms with Crippen molar-refractivity contribution in [1.29, 1.82) is 0 Å². The second-order valence-electron chi connectivity index (χ2n) is 2.25. The summed E-state index contributed by atoms with van der Waals surface area (Å²) in [6, 6.07) is 0. The van der Waals surface area contributed by atoms with Gasteiger partial charge in [-0.05, 0) is 13.8 Å². The summed E-state index contributed by atoms with van der Waals surface area (Å²) in [5.41, 5.74) is -0.509. The third kappa shape index (κ3) is 3.38. The Bertz CT molecular complexity index is 238. The smallest absolute Gasteiger partial charge is 0.379 e. The van der Waals surface area contributed by atoms with Crippen molar-refractivity contribution in [3.05, 3.63) is 12.2 Å². The Balaban J connectivity index is 4.32. The molecule has 5 heteroatoms. The van der Waals surface area contributed by atoms with Crippen molar-refractivity contribution in [2.75, 3.05) is 13.2 Å². The molecule has 0 bridgehead atoms. The molecule has 0 aromatic heterocycles. The monoisotopic (exact) mass is 200 g/mol. The number of hydrogen-bond donors (Lipinski definition) is 0. The summed E-state index contributed by atoms with van der Waals surface area (Å²) >= 11 is 0. The van der Waals surface area contributed by atoms with Gasteiger partial charge in [0.05, 0.1) is 13.2 Å². The van der Waals surface area contributed by atoms with Crippen molar-refractivity contribution in [1.82, 2.24) is 0 Å². The highest BCUT2D eigenvalue weighted by molar-refractivity contribution is 6.46. The van der Waals surface area contributed by atoms with Gasteiger partial charge in [-0.15, -0.1) is 0 Å². The third-order valence-electron chi connectivity index (χ3n) is 1.26. The molecule has 0 amide bonds. The number of rotatable bonds is 5. The van der Waals surface area contributed by atoms with E-state index in [1.54, 1.807) is 13.8 Å². The molecule has 0 N–H and O–H groups in total. The van der Waals surface area contributed by atoms with Crippen molar-refractivity contribution >= 4 is 17.7 Å². The molecule has 14 heavy (non-hydrogen) atoms. The SMILES string of the molecule is C=C(C(=O)OCC)C(=O)C(=O)OCC. The Kier molecular flexibility index (Phi) is 5.21. The van der Waals surface area contributed by atoms with Crippen LogP contribution in [-0.4, -0.2) is 30.9 Å². The normalized spacial score (nSPS) is 9.00. The van der Waals surface area contributed by atoms with E-state index in [9.17, 15) is 14.4 Å². The van der Waals surface area contributed by atoms with Crippen molar-refractivity contribution in [3.63, 3.8) is 0 Å². The number of carbonyl (C=O) groups is 3. The van der Waals surface area contributed by atoms with Crippen molar-refractivity contribution in [2.24, 2.45) is 0 Å². The Morgan fingerprint density at radius 2 is 1.43 bits per heavy atom. The van der Waals surface area contributed by atoms with Crippen molar-refractivity contribution in [3.8, 4) is 0 Å². The number of ether oxygens (including phenoxy) is 2. The molecule has 0 radical (unpaired) electrons. The minimum Gasteiger partial charge on any atom is -0.462 e. The average molecular weight is 200 g/mol. The van der Waals surface area contributed by atoms with Crippen LogP contribution in [0, 0.1) is 0 Å². The van der Waals surface area contributed by atoms with Crippen LogP contribution in [0.2, 0.25) is 0 Å². The van der Waals surface area contributed by atoms with Crippen LogP contribution >= 0.6 is 0 Å². The molecule has 0 aliphatic rings. The van der Waals surface area contributed by atoms with Gasteiger partial charge in [0.25, 0.3) is 5.78 Å². The summed E-state index contributed by atoms with van der Waals surface area (Å²) in [7, 11) is 0. The van der Waals surface area contributed by atoms with E-state index in [1.165, 1.54) is 0 Å². The molecule has 0 aromatic rings. The van der Waals surface area contributed by atoms with E-state index in [4.69, 9.17) is 0 Å². The van der Waals surface area contributed by atoms with Crippen LogP contribution in [0.15, 0.2) is 12.2 Å². The van der Waals surface area contributed by atoms with Crippen molar-refractivity contribution < 1.29 is 23.9 Å². The van der Waals surface area contributed by atoms with Gasteiger partial charge >= 0.3 is 11.9 Å². The summed E-state index contributed by atoms with van der Waals surface area (Å²) in [6.07, 6.45) is 0. The molecule has 0 aliphatic carbocycles. The van der Waals surface area contributed by atoms with Crippen LogP contribution in [0.4, 0.5) is 0 Å². The number of esters is 2. The second kappa shape index (κ2) is 5.90. The zero-order valence-electron chi connectivity index (χ0n) is 8.16. The number of hydrogen-bond acceptors (Lipinski definition) is 5. The molecule has 0 saturated heterocycles. The predicted octanol–water partition coefficient (Wildman–Crippen LogP) is 0.238. The summed E-state index contributed by atoms with van der Waals surface area (Å²) < 4.78 is 8.88. The van der Waals surface area contributed by atoms with Gasteiger partial charge in [-0.1, -0.05) is 6.58 Å². The summed E-state index contributed by atoms with van der Waals surface area (Å²) in [5.74, 6) is -3.05. The van der Waals surface area contributed by atoms with Crippen LogP contribution in [0.5, 0.6) is 0 Å². The molecule has 0 rings (SSSR count). The minimum atomic E-state index is -1.09. The minimum absolute atomic E-state index is 0.0701. The number of Topliss-reactive ketones (excluding diaryl/α,β-unsaturated/α-hetero) is 1. The Morgan fingerprint density at radius 3 is 1.86 bits per heavy atom. The quantitative estimate of drug-likeness (QED) is 0.209. The van der Waals surface area contributed by atoms with Crippen molar-refractivity contribution in [2.45, 2.75) is 13.8 Å². The maximum atomic E-state index is 11.1. The lowest BCUT2D eigenvalue weighted by Crippen LogP contribution is -2.24. The fraction of sp³-hybridized carbons (Fsp3) is 0.444. The molecule has 0 aromatic carbocycles. The third-order valence-corrected chi connectivity index (χ3v) is 1.26. The summed E-state index contributed by atoms with van der Waals surface area (Å²) in [5, 5.41) is 0. The first-order valence-corrected chi connectivity index (χ1v) is 4.12. The van der Waals surface area contributed by atoms with Gasteiger partial charge in [0, 0.05) is 0 Å². The summed E-state index contributed by atoms with van der Waals surface area (Å²) in [4.78, 5) is 32.9. The van der Waals surface area contributed by atoms with E-state index >= 15 is 0 Å².